The molecule has 0 saturated heterocycles. The zero-order valence-electron chi connectivity index (χ0n) is 12.5. The van der Waals surface area contributed by atoms with Crippen LogP contribution in [0.15, 0.2) is 12.1 Å². The van der Waals surface area contributed by atoms with E-state index in [0.29, 0.717) is 0 Å². The summed E-state index contributed by atoms with van der Waals surface area (Å²) in [5, 5.41) is 0. The molecular weight excluding hydrogens is 234 g/mol. The molecule has 2 rings (SSSR count). The summed E-state index contributed by atoms with van der Waals surface area (Å²) in [5.74, 6) is 1.79. The fourth-order valence-electron chi connectivity index (χ4n) is 3.28. The number of hydrogen-bond acceptors (Lipinski definition) is 2. The molecule has 2 nitrogen and oxygen atoms in total. The third-order valence-electron chi connectivity index (χ3n) is 4.62. The summed E-state index contributed by atoms with van der Waals surface area (Å²) in [6, 6.07) is 4.42. The van der Waals surface area contributed by atoms with Crippen molar-refractivity contribution in [3.8, 4) is 5.75 Å². The van der Waals surface area contributed by atoms with Crippen LogP contribution in [0.2, 0.25) is 0 Å². The molecular formula is C17H27NO. The van der Waals surface area contributed by atoms with Crippen molar-refractivity contribution < 1.29 is 4.74 Å². The third-order valence-corrected chi connectivity index (χ3v) is 4.62. The zero-order valence-corrected chi connectivity index (χ0v) is 12.5. The average Bonchev–Trinajstić information content (AvgIpc) is 2.42. The van der Waals surface area contributed by atoms with Gasteiger partial charge in [0.2, 0.25) is 0 Å². The number of ether oxygens (including phenoxy) is 1. The van der Waals surface area contributed by atoms with Gasteiger partial charge in [0.15, 0.2) is 0 Å². The highest BCUT2D eigenvalue weighted by Gasteiger charge is 2.20. The third kappa shape index (κ3) is 3.30. The summed E-state index contributed by atoms with van der Waals surface area (Å²) in [4.78, 5) is 0. The Hall–Kier alpha value is -1.02. The van der Waals surface area contributed by atoms with Gasteiger partial charge in [-0.2, -0.15) is 0 Å². The predicted molar refractivity (Wildman–Crippen MR) is 80.6 cm³/mol. The molecule has 1 aromatic rings. The number of nitrogens with two attached hydrogens (primary N) is 1. The molecule has 0 radical (unpaired) electrons. The van der Waals surface area contributed by atoms with Crippen molar-refractivity contribution >= 4 is 0 Å². The van der Waals surface area contributed by atoms with Gasteiger partial charge >= 0.3 is 0 Å². The molecule has 0 aliphatic heterocycles. The van der Waals surface area contributed by atoms with Crippen molar-refractivity contribution in [3.05, 3.63) is 28.8 Å². The minimum atomic E-state index is 0.109. The van der Waals surface area contributed by atoms with Gasteiger partial charge < -0.3 is 10.5 Å². The molecule has 1 atom stereocenters. The number of aryl methyl sites for hydroxylation is 1. The van der Waals surface area contributed by atoms with Gasteiger partial charge in [-0.25, -0.2) is 0 Å². The van der Waals surface area contributed by atoms with Gasteiger partial charge in [0, 0.05) is 11.6 Å². The average molecular weight is 261 g/mol. The van der Waals surface area contributed by atoms with E-state index in [1.165, 1.54) is 48.8 Å². The fourth-order valence-corrected chi connectivity index (χ4v) is 3.28. The lowest BCUT2D eigenvalue weighted by Crippen LogP contribution is -2.18. The Kier molecular flexibility index (Phi) is 4.87. The van der Waals surface area contributed by atoms with Crippen LogP contribution in [0.3, 0.4) is 0 Å². The summed E-state index contributed by atoms with van der Waals surface area (Å²) in [7, 11) is 1.75. The molecule has 0 amide bonds. The maximum absolute atomic E-state index is 6.44. The predicted octanol–water partition coefficient (Wildman–Crippen LogP) is 4.28. The topological polar surface area (TPSA) is 35.2 Å². The Morgan fingerprint density at radius 3 is 2.53 bits per heavy atom. The molecule has 1 aliphatic carbocycles. The van der Waals surface area contributed by atoms with Gasteiger partial charge in [-0.05, 0) is 37.3 Å². The second-order valence-electron chi connectivity index (χ2n) is 5.98. The zero-order chi connectivity index (χ0) is 13.8. The first-order chi connectivity index (χ1) is 9.13. The molecule has 1 aliphatic rings. The van der Waals surface area contributed by atoms with Crippen LogP contribution in [0.4, 0.5) is 0 Å². The Balaban J connectivity index is 2.13. The SMILES string of the molecule is COc1c(C(N)CC2CCCCC2)ccc(C)c1C. The maximum atomic E-state index is 6.44. The molecule has 0 spiro atoms. The van der Waals surface area contributed by atoms with Gasteiger partial charge in [0.1, 0.15) is 5.75 Å². The second-order valence-corrected chi connectivity index (χ2v) is 5.98. The Labute approximate surface area is 117 Å². The molecule has 2 N–H and O–H groups in total. The molecule has 0 heterocycles. The van der Waals surface area contributed by atoms with Gasteiger partial charge in [-0.15, -0.1) is 0 Å². The summed E-state index contributed by atoms with van der Waals surface area (Å²) in [6.45, 7) is 4.24. The van der Waals surface area contributed by atoms with E-state index in [0.717, 1.165) is 18.1 Å². The van der Waals surface area contributed by atoms with Crippen LogP contribution >= 0.6 is 0 Å². The lowest BCUT2D eigenvalue weighted by molar-refractivity contribution is 0.315. The van der Waals surface area contributed by atoms with Crippen molar-refractivity contribution in [1.82, 2.24) is 0 Å². The van der Waals surface area contributed by atoms with Crippen LogP contribution in [0.5, 0.6) is 5.75 Å². The molecule has 19 heavy (non-hydrogen) atoms. The van der Waals surface area contributed by atoms with E-state index in [9.17, 15) is 0 Å². The molecule has 1 aromatic carbocycles. The summed E-state index contributed by atoms with van der Waals surface area (Å²) in [5.41, 5.74) is 10.1. The van der Waals surface area contributed by atoms with E-state index in [1.807, 2.05) is 0 Å². The molecule has 1 unspecified atom stereocenters. The van der Waals surface area contributed by atoms with Gasteiger partial charge in [-0.3, -0.25) is 0 Å². The van der Waals surface area contributed by atoms with Crippen molar-refractivity contribution in [1.29, 1.82) is 0 Å². The first kappa shape index (κ1) is 14.4. The van der Waals surface area contributed by atoms with Gasteiger partial charge in [-0.1, -0.05) is 44.2 Å². The lowest BCUT2D eigenvalue weighted by atomic mass is 9.83. The summed E-state index contributed by atoms with van der Waals surface area (Å²) in [6.07, 6.45) is 7.95. The standard InChI is InChI=1S/C17H27NO/c1-12-9-10-15(17(19-3)13(12)2)16(18)11-14-7-5-4-6-8-14/h9-10,14,16H,4-8,11,18H2,1-3H3. The minimum absolute atomic E-state index is 0.109. The highest BCUT2D eigenvalue weighted by Crippen LogP contribution is 2.35. The number of benzene rings is 1. The number of hydrogen-bond donors (Lipinski definition) is 1. The molecule has 0 aromatic heterocycles. The number of rotatable bonds is 4. The Bertz CT molecular complexity index is 422. The second kappa shape index (κ2) is 6.42. The van der Waals surface area contributed by atoms with Crippen LogP contribution in [0.25, 0.3) is 0 Å². The van der Waals surface area contributed by atoms with Gasteiger partial charge in [0.05, 0.1) is 7.11 Å². The number of methoxy groups -OCH3 is 1. The van der Waals surface area contributed by atoms with E-state index in [2.05, 4.69) is 26.0 Å². The summed E-state index contributed by atoms with van der Waals surface area (Å²) >= 11 is 0. The normalized spacial score (nSPS) is 18.3. The summed E-state index contributed by atoms with van der Waals surface area (Å²) < 4.78 is 5.59. The van der Waals surface area contributed by atoms with E-state index in [1.54, 1.807) is 7.11 Å². The largest absolute Gasteiger partial charge is 0.496 e. The van der Waals surface area contributed by atoms with Crippen LogP contribution in [0, 0.1) is 19.8 Å². The van der Waals surface area contributed by atoms with Crippen LogP contribution in [-0.2, 0) is 0 Å². The Morgan fingerprint density at radius 1 is 1.21 bits per heavy atom. The highest BCUT2D eigenvalue weighted by atomic mass is 16.5. The monoisotopic (exact) mass is 261 g/mol. The smallest absolute Gasteiger partial charge is 0.126 e. The molecule has 2 heteroatoms. The van der Waals surface area contributed by atoms with Crippen LogP contribution in [-0.4, -0.2) is 7.11 Å². The first-order valence-electron chi connectivity index (χ1n) is 7.53. The quantitative estimate of drug-likeness (QED) is 0.878. The molecule has 0 bridgehead atoms. The van der Waals surface area contributed by atoms with Crippen molar-refractivity contribution in [3.63, 3.8) is 0 Å². The molecule has 106 valence electrons. The van der Waals surface area contributed by atoms with Crippen molar-refractivity contribution in [2.75, 3.05) is 7.11 Å². The Morgan fingerprint density at radius 2 is 1.89 bits per heavy atom. The van der Waals surface area contributed by atoms with E-state index < -0.39 is 0 Å². The van der Waals surface area contributed by atoms with Crippen LogP contribution < -0.4 is 10.5 Å². The van der Waals surface area contributed by atoms with E-state index >= 15 is 0 Å². The van der Waals surface area contributed by atoms with Crippen molar-refractivity contribution in [2.45, 2.75) is 58.4 Å². The van der Waals surface area contributed by atoms with Crippen molar-refractivity contribution in [2.24, 2.45) is 11.7 Å². The van der Waals surface area contributed by atoms with E-state index in [4.69, 9.17) is 10.5 Å². The molecule has 1 fully saturated rings. The maximum Gasteiger partial charge on any atom is 0.126 e. The van der Waals surface area contributed by atoms with Gasteiger partial charge in [0.25, 0.3) is 0 Å². The van der Waals surface area contributed by atoms with E-state index in [-0.39, 0.29) is 6.04 Å². The fraction of sp³-hybridized carbons (Fsp3) is 0.647. The highest BCUT2D eigenvalue weighted by molar-refractivity contribution is 5.46. The van der Waals surface area contributed by atoms with Crippen LogP contribution in [0.1, 0.15) is 61.3 Å². The first-order valence-corrected chi connectivity index (χ1v) is 7.53. The lowest BCUT2D eigenvalue weighted by Gasteiger charge is -2.26. The molecule has 1 saturated carbocycles. The minimum Gasteiger partial charge on any atom is -0.496 e.